The minimum Gasteiger partial charge on any atom is -0.363 e. The van der Waals surface area contributed by atoms with E-state index >= 15 is 0 Å². The maximum absolute atomic E-state index is 9.78. The molecule has 0 bridgehead atoms. The van der Waals surface area contributed by atoms with Gasteiger partial charge in [-0.1, -0.05) is 11.6 Å². The smallest absolute Gasteiger partial charge is 0.196 e. The number of methoxy groups -OCH3 is 1. The van der Waals surface area contributed by atoms with Crippen LogP contribution >= 0.6 is 11.6 Å². The van der Waals surface area contributed by atoms with Gasteiger partial charge in [0.15, 0.2) is 6.29 Å². The number of ether oxygens (including phenoxy) is 1. The van der Waals surface area contributed by atoms with Crippen molar-refractivity contribution >= 4 is 22.5 Å². The van der Waals surface area contributed by atoms with Crippen molar-refractivity contribution in [3.05, 3.63) is 34.0 Å². The Morgan fingerprint density at radius 2 is 2.00 bits per heavy atom. The molecule has 1 atom stereocenters. The van der Waals surface area contributed by atoms with E-state index in [4.69, 9.17) is 16.3 Å². The minimum atomic E-state index is -0.928. The van der Waals surface area contributed by atoms with Crippen molar-refractivity contribution in [2.24, 2.45) is 7.05 Å². The highest BCUT2D eigenvalue weighted by atomic mass is 35.5. The lowest BCUT2D eigenvalue weighted by Crippen LogP contribution is -2.05. The van der Waals surface area contributed by atoms with Gasteiger partial charge in [0.1, 0.15) is 0 Å². The molecule has 1 N–H and O–H groups in total. The summed E-state index contributed by atoms with van der Waals surface area (Å²) >= 11 is 6.23. The number of halogens is 1. The van der Waals surface area contributed by atoms with Crippen LogP contribution in [0.4, 0.5) is 0 Å². The summed E-state index contributed by atoms with van der Waals surface area (Å²) < 4.78 is 6.88. The van der Waals surface area contributed by atoms with Crippen LogP contribution in [-0.2, 0) is 11.8 Å². The molecule has 17 heavy (non-hydrogen) atoms. The Morgan fingerprint density at radius 3 is 2.59 bits per heavy atom. The SMILES string of the molecule is COC(O)c1cc2c(Cl)cc(C)c(C)c2n1C. The predicted octanol–water partition coefficient (Wildman–Crippen LogP) is 3.09. The number of aromatic nitrogens is 1. The highest BCUT2D eigenvalue weighted by Crippen LogP contribution is 2.33. The van der Waals surface area contributed by atoms with Crippen LogP contribution in [0.15, 0.2) is 12.1 Å². The second-order valence-electron chi connectivity index (χ2n) is 4.28. The molecule has 4 heteroatoms. The van der Waals surface area contributed by atoms with Crippen molar-refractivity contribution < 1.29 is 9.84 Å². The zero-order chi connectivity index (χ0) is 12.7. The molecule has 3 nitrogen and oxygen atoms in total. The molecule has 0 saturated heterocycles. The lowest BCUT2D eigenvalue weighted by atomic mass is 10.1. The highest BCUT2D eigenvalue weighted by Gasteiger charge is 2.17. The molecule has 2 rings (SSSR count). The first-order chi connectivity index (χ1) is 7.97. The molecule has 0 radical (unpaired) electrons. The van der Waals surface area contributed by atoms with Crippen molar-refractivity contribution in [1.29, 1.82) is 0 Å². The number of benzene rings is 1. The fourth-order valence-corrected chi connectivity index (χ4v) is 2.49. The molecule has 1 heterocycles. The second-order valence-corrected chi connectivity index (χ2v) is 4.69. The van der Waals surface area contributed by atoms with Gasteiger partial charge in [-0.2, -0.15) is 0 Å². The third kappa shape index (κ3) is 1.84. The third-order valence-corrected chi connectivity index (χ3v) is 3.61. The van der Waals surface area contributed by atoms with Crippen LogP contribution in [-0.4, -0.2) is 16.8 Å². The van der Waals surface area contributed by atoms with E-state index in [-0.39, 0.29) is 0 Å². The number of hydrogen-bond acceptors (Lipinski definition) is 2. The molecule has 0 aliphatic heterocycles. The first-order valence-corrected chi connectivity index (χ1v) is 5.81. The fraction of sp³-hybridized carbons (Fsp3) is 0.385. The van der Waals surface area contributed by atoms with Gasteiger partial charge >= 0.3 is 0 Å². The number of rotatable bonds is 2. The molecule has 0 saturated carbocycles. The van der Waals surface area contributed by atoms with Crippen LogP contribution < -0.4 is 0 Å². The monoisotopic (exact) mass is 253 g/mol. The van der Waals surface area contributed by atoms with E-state index in [0.717, 1.165) is 16.5 Å². The Labute approximate surface area is 106 Å². The van der Waals surface area contributed by atoms with Crippen molar-refractivity contribution in [2.75, 3.05) is 7.11 Å². The van der Waals surface area contributed by atoms with Gasteiger partial charge in [0.05, 0.1) is 16.2 Å². The van der Waals surface area contributed by atoms with E-state index in [2.05, 4.69) is 6.92 Å². The second kappa shape index (κ2) is 4.33. The maximum atomic E-state index is 9.78. The lowest BCUT2D eigenvalue weighted by molar-refractivity contribution is -0.0813. The van der Waals surface area contributed by atoms with Crippen LogP contribution in [0.1, 0.15) is 23.1 Å². The van der Waals surface area contributed by atoms with E-state index in [1.807, 2.05) is 30.7 Å². The molecular formula is C13H16ClNO2. The minimum absolute atomic E-state index is 0.702. The lowest BCUT2D eigenvalue weighted by Gasteiger charge is -2.11. The van der Waals surface area contributed by atoms with Crippen LogP contribution in [0.2, 0.25) is 5.02 Å². The number of aryl methyl sites for hydroxylation is 3. The Bertz CT molecular complexity index is 575. The van der Waals surface area contributed by atoms with E-state index in [1.54, 1.807) is 0 Å². The zero-order valence-electron chi connectivity index (χ0n) is 10.4. The summed E-state index contributed by atoms with van der Waals surface area (Å²) in [5.74, 6) is 0. The Morgan fingerprint density at radius 1 is 1.35 bits per heavy atom. The zero-order valence-corrected chi connectivity index (χ0v) is 11.2. The highest BCUT2D eigenvalue weighted by molar-refractivity contribution is 6.35. The summed E-state index contributed by atoms with van der Waals surface area (Å²) in [4.78, 5) is 0. The molecule has 1 unspecified atom stereocenters. The summed E-state index contributed by atoms with van der Waals surface area (Å²) in [5, 5.41) is 11.4. The van der Waals surface area contributed by atoms with Gasteiger partial charge in [-0.05, 0) is 37.1 Å². The maximum Gasteiger partial charge on any atom is 0.196 e. The van der Waals surface area contributed by atoms with Gasteiger partial charge in [0.2, 0.25) is 0 Å². The molecule has 0 amide bonds. The first-order valence-electron chi connectivity index (χ1n) is 5.43. The van der Waals surface area contributed by atoms with Crippen molar-refractivity contribution in [3.8, 4) is 0 Å². The topological polar surface area (TPSA) is 34.4 Å². The summed E-state index contributed by atoms with van der Waals surface area (Å²) in [5.41, 5.74) is 4.06. The average Bonchev–Trinajstić information content (AvgIpc) is 2.64. The molecule has 0 fully saturated rings. The number of nitrogens with zero attached hydrogens (tertiary/aromatic N) is 1. The van der Waals surface area contributed by atoms with Crippen LogP contribution in [0, 0.1) is 13.8 Å². The van der Waals surface area contributed by atoms with E-state index in [9.17, 15) is 5.11 Å². The van der Waals surface area contributed by atoms with Gasteiger partial charge < -0.3 is 14.4 Å². The Balaban J connectivity index is 2.82. The summed E-state index contributed by atoms with van der Waals surface area (Å²) in [6.07, 6.45) is -0.928. The summed E-state index contributed by atoms with van der Waals surface area (Å²) in [6.45, 7) is 4.08. The fourth-order valence-electron chi connectivity index (χ4n) is 2.18. The molecule has 0 spiro atoms. The van der Waals surface area contributed by atoms with Crippen molar-refractivity contribution in [3.63, 3.8) is 0 Å². The molecule has 0 aliphatic carbocycles. The normalized spacial score (nSPS) is 13.3. The van der Waals surface area contributed by atoms with E-state index < -0.39 is 6.29 Å². The average molecular weight is 254 g/mol. The summed E-state index contributed by atoms with van der Waals surface area (Å²) in [7, 11) is 3.38. The largest absolute Gasteiger partial charge is 0.363 e. The van der Waals surface area contributed by atoms with E-state index in [0.29, 0.717) is 10.7 Å². The van der Waals surface area contributed by atoms with Gasteiger partial charge in [0.25, 0.3) is 0 Å². The molecule has 2 aromatic rings. The molecule has 1 aromatic carbocycles. The predicted molar refractivity (Wildman–Crippen MR) is 69.4 cm³/mol. The van der Waals surface area contributed by atoms with E-state index in [1.165, 1.54) is 12.7 Å². The van der Waals surface area contributed by atoms with Crippen LogP contribution in [0.5, 0.6) is 0 Å². The van der Waals surface area contributed by atoms with Crippen LogP contribution in [0.3, 0.4) is 0 Å². The Hall–Kier alpha value is -1.03. The number of aliphatic hydroxyl groups excluding tert-OH is 1. The third-order valence-electron chi connectivity index (χ3n) is 3.29. The van der Waals surface area contributed by atoms with Gasteiger partial charge in [-0.25, -0.2) is 0 Å². The number of hydrogen-bond donors (Lipinski definition) is 1. The van der Waals surface area contributed by atoms with Crippen molar-refractivity contribution in [1.82, 2.24) is 4.57 Å². The first kappa shape index (κ1) is 12.4. The standard InChI is InChI=1S/C13H16ClNO2/c1-7-5-10(14)9-6-11(13(16)17-4)15(3)12(9)8(7)2/h5-6,13,16H,1-4H3. The van der Waals surface area contributed by atoms with Gasteiger partial charge in [-0.3, -0.25) is 0 Å². The summed E-state index contributed by atoms with van der Waals surface area (Å²) in [6, 6.07) is 3.82. The molecule has 1 aromatic heterocycles. The van der Waals surface area contributed by atoms with Gasteiger partial charge in [0, 0.05) is 19.5 Å². The number of fused-ring (bicyclic) bond motifs is 1. The molecule has 0 aliphatic rings. The Kier molecular flexibility index (Phi) is 3.17. The van der Waals surface area contributed by atoms with Crippen LogP contribution in [0.25, 0.3) is 10.9 Å². The van der Waals surface area contributed by atoms with Crippen molar-refractivity contribution in [2.45, 2.75) is 20.1 Å². The molecular weight excluding hydrogens is 238 g/mol. The molecule has 92 valence electrons. The quantitative estimate of drug-likeness (QED) is 0.835. The van der Waals surface area contributed by atoms with Gasteiger partial charge in [-0.15, -0.1) is 0 Å². The number of aliphatic hydroxyl groups is 1.